The second-order valence-corrected chi connectivity index (χ2v) is 8.15. The molecule has 0 fully saturated rings. The third kappa shape index (κ3) is 4.24. The summed E-state index contributed by atoms with van der Waals surface area (Å²) in [6.45, 7) is 12.4. The lowest BCUT2D eigenvalue weighted by molar-refractivity contribution is 0.920. The molecule has 0 aliphatic heterocycles. The molecule has 0 unspecified atom stereocenters. The molecule has 0 bridgehead atoms. The summed E-state index contributed by atoms with van der Waals surface area (Å²) in [5.41, 5.74) is 11.0. The van der Waals surface area contributed by atoms with E-state index in [1.165, 1.54) is 11.1 Å². The van der Waals surface area contributed by atoms with Gasteiger partial charge in [-0.1, -0.05) is 35.4 Å². The monoisotopic (exact) mass is 394 g/mol. The molecule has 0 amide bonds. The van der Waals surface area contributed by atoms with Crippen LogP contribution in [-0.4, -0.2) is 9.97 Å². The Morgan fingerprint density at radius 3 is 1.17 bits per heavy atom. The van der Waals surface area contributed by atoms with Crippen molar-refractivity contribution in [3.8, 4) is 12.1 Å². The molecule has 0 atom stereocenters. The molecule has 2 aromatic carbocycles. The van der Waals surface area contributed by atoms with Crippen LogP contribution in [0.2, 0.25) is 0 Å². The molecular formula is C26H26N4. The predicted molar refractivity (Wildman–Crippen MR) is 118 cm³/mol. The van der Waals surface area contributed by atoms with Crippen molar-refractivity contribution >= 4 is 0 Å². The minimum atomic E-state index is 0.297. The Balaban J connectivity index is 2.06. The van der Waals surface area contributed by atoms with E-state index in [0.29, 0.717) is 35.6 Å². The summed E-state index contributed by atoms with van der Waals surface area (Å²) in [5, 5.41) is 19.5. The van der Waals surface area contributed by atoms with Crippen molar-refractivity contribution in [3.63, 3.8) is 0 Å². The van der Waals surface area contributed by atoms with E-state index < -0.39 is 0 Å². The fourth-order valence-corrected chi connectivity index (χ4v) is 4.24. The Bertz CT molecular complexity index is 1080. The summed E-state index contributed by atoms with van der Waals surface area (Å²) in [7, 11) is 0. The highest BCUT2D eigenvalue weighted by Crippen LogP contribution is 2.24. The van der Waals surface area contributed by atoms with Crippen molar-refractivity contribution in [2.24, 2.45) is 0 Å². The van der Waals surface area contributed by atoms with E-state index in [9.17, 15) is 10.5 Å². The van der Waals surface area contributed by atoms with Crippen molar-refractivity contribution in [2.45, 2.75) is 54.4 Å². The van der Waals surface area contributed by atoms with Crippen molar-refractivity contribution in [2.75, 3.05) is 0 Å². The number of hydrogen-bond donors (Lipinski definition) is 0. The SMILES string of the molecule is Cc1cc(C)c(Cc2nc(C#N)c(Cc3c(C)cc(C)cc3C)nc2C#N)c(C)c1. The van der Waals surface area contributed by atoms with Crippen LogP contribution >= 0.6 is 0 Å². The van der Waals surface area contributed by atoms with Crippen LogP contribution in [-0.2, 0) is 12.8 Å². The van der Waals surface area contributed by atoms with E-state index in [1.807, 2.05) is 0 Å². The number of aryl methyl sites for hydroxylation is 6. The first kappa shape index (κ1) is 21.2. The smallest absolute Gasteiger partial charge is 0.162 e. The minimum Gasteiger partial charge on any atom is -0.237 e. The van der Waals surface area contributed by atoms with Crippen LogP contribution in [0.15, 0.2) is 24.3 Å². The molecule has 0 aliphatic rings. The number of hydrogen-bond acceptors (Lipinski definition) is 4. The van der Waals surface area contributed by atoms with Crippen molar-refractivity contribution in [1.29, 1.82) is 10.5 Å². The molecule has 3 rings (SSSR count). The standard InChI is InChI=1S/C26H26N4/c1-15-7-17(3)21(18(4)8-15)11-23-25(13-27)30-24(26(14-28)29-23)12-22-19(5)9-16(2)10-20(22)6/h7-10H,11-12H2,1-6H3. The van der Waals surface area contributed by atoms with Gasteiger partial charge in [0.2, 0.25) is 0 Å². The van der Waals surface area contributed by atoms with Gasteiger partial charge in [0.15, 0.2) is 11.4 Å². The van der Waals surface area contributed by atoms with Crippen LogP contribution in [0.4, 0.5) is 0 Å². The molecule has 4 nitrogen and oxygen atoms in total. The number of benzene rings is 2. The van der Waals surface area contributed by atoms with Crippen molar-refractivity contribution < 1.29 is 0 Å². The second-order valence-electron chi connectivity index (χ2n) is 8.15. The fraction of sp³-hybridized carbons (Fsp3) is 0.308. The lowest BCUT2D eigenvalue weighted by Gasteiger charge is -2.14. The maximum Gasteiger partial charge on any atom is 0.162 e. The minimum absolute atomic E-state index is 0.297. The van der Waals surface area contributed by atoms with Crippen molar-refractivity contribution in [3.05, 3.63) is 91.5 Å². The summed E-state index contributed by atoms with van der Waals surface area (Å²) in [6.07, 6.45) is 0.983. The molecule has 1 aromatic heterocycles. The van der Waals surface area contributed by atoms with Crippen LogP contribution in [0.3, 0.4) is 0 Å². The molecule has 1 heterocycles. The molecule has 150 valence electrons. The summed E-state index contributed by atoms with van der Waals surface area (Å²) in [5.74, 6) is 0. The summed E-state index contributed by atoms with van der Waals surface area (Å²) < 4.78 is 0. The lowest BCUT2D eigenvalue weighted by atomic mass is 9.94. The molecule has 0 saturated heterocycles. The summed E-state index contributed by atoms with van der Waals surface area (Å²) in [4.78, 5) is 9.18. The first-order valence-electron chi connectivity index (χ1n) is 10.1. The van der Waals surface area contributed by atoms with E-state index in [0.717, 1.165) is 33.4 Å². The van der Waals surface area contributed by atoms with Crippen molar-refractivity contribution in [1.82, 2.24) is 9.97 Å². The Morgan fingerprint density at radius 1 is 0.600 bits per heavy atom. The molecular weight excluding hydrogens is 368 g/mol. The maximum atomic E-state index is 9.74. The maximum absolute atomic E-state index is 9.74. The molecule has 4 heteroatoms. The molecule has 3 aromatic rings. The summed E-state index contributed by atoms with van der Waals surface area (Å²) >= 11 is 0. The number of rotatable bonds is 4. The molecule has 0 spiro atoms. The molecule has 0 saturated carbocycles. The third-order valence-electron chi connectivity index (χ3n) is 5.62. The van der Waals surface area contributed by atoms with Crippen LogP contribution in [0.25, 0.3) is 0 Å². The van der Waals surface area contributed by atoms with Gasteiger partial charge in [-0.3, -0.25) is 0 Å². The Morgan fingerprint density at radius 2 is 0.900 bits per heavy atom. The van der Waals surface area contributed by atoms with Gasteiger partial charge in [-0.15, -0.1) is 0 Å². The van der Waals surface area contributed by atoms with E-state index in [1.54, 1.807) is 0 Å². The highest BCUT2D eigenvalue weighted by Gasteiger charge is 2.17. The molecule has 0 radical (unpaired) electrons. The van der Waals surface area contributed by atoms with E-state index in [4.69, 9.17) is 0 Å². The lowest BCUT2D eigenvalue weighted by Crippen LogP contribution is -2.10. The van der Waals surface area contributed by atoms with Gasteiger partial charge >= 0.3 is 0 Å². The first-order valence-corrected chi connectivity index (χ1v) is 10.1. The van der Waals surface area contributed by atoms with Crippen LogP contribution in [0.5, 0.6) is 0 Å². The molecule has 30 heavy (non-hydrogen) atoms. The first-order chi connectivity index (χ1) is 14.2. The van der Waals surface area contributed by atoms with Gasteiger partial charge in [-0.05, 0) is 74.9 Å². The van der Waals surface area contributed by atoms with Crippen LogP contribution in [0, 0.1) is 64.2 Å². The number of nitriles is 2. The Hall–Kier alpha value is -3.50. The van der Waals surface area contributed by atoms with E-state index in [2.05, 4.69) is 87.9 Å². The summed E-state index contributed by atoms with van der Waals surface area (Å²) in [6, 6.07) is 12.9. The zero-order valence-electron chi connectivity index (χ0n) is 18.5. The quantitative estimate of drug-likeness (QED) is 0.605. The highest BCUT2D eigenvalue weighted by atomic mass is 14.8. The zero-order chi connectivity index (χ0) is 22.0. The molecule has 0 N–H and O–H groups in total. The van der Waals surface area contributed by atoms with Gasteiger partial charge in [0.25, 0.3) is 0 Å². The van der Waals surface area contributed by atoms with Gasteiger partial charge in [0.1, 0.15) is 12.1 Å². The largest absolute Gasteiger partial charge is 0.237 e. The van der Waals surface area contributed by atoms with Gasteiger partial charge in [0.05, 0.1) is 11.4 Å². The fourth-order valence-electron chi connectivity index (χ4n) is 4.24. The van der Waals surface area contributed by atoms with Gasteiger partial charge in [-0.2, -0.15) is 10.5 Å². The van der Waals surface area contributed by atoms with E-state index >= 15 is 0 Å². The van der Waals surface area contributed by atoms with Crippen LogP contribution in [0.1, 0.15) is 67.3 Å². The van der Waals surface area contributed by atoms with Crippen LogP contribution < -0.4 is 0 Å². The third-order valence-corrected chi connectivity index (χ3v) is 5.62. The average molecular weight is 395 g/mol. The van der Waals surface area contributed by atoms with Gasteiger partial charge in [-0.25, -0.2) is 9.97 Å². The molecule has 0 aliphatic carbocycles. The second kappa shape index (κ2) is 8.47. The average Bonchev–Trinajstić information content (AvgIpc) is 2.67. The highest BCUT2D eigenvalue weighted by molar-refractivity contribution is 5.45. The predicted octanol–water partition coefficient (Wildman–Crippen LogP) is 5.25. The zero-order valence-corrected chi connectivity index (χ0v) is 18.5. The number of aromatic nitrogens is 2. The normalized spacial score (nSPS) is 10.5. The Kier molecular flexibility index (Phi) is 5.99. The van der Waals surface area contributed by atoms with Gasteiger partial charge in [0, 0.05) is 12.8 Å². The van der Waals surface area contributed by atoms with E-state index in [-0.39, 0.29) is 0 Å². The Labute approximate surface area is 178 Å². The topological polar surface area (TPSA) is 73.4 Å². The van der Waals surface area contributed by atoms with Gasteiger partial charge < -0.3 is 0 Å². The number of nitrogens with zero attached hydrogens (tertiary/aromatic N) is 4.